The van der Waals surface area contributed by atoms with Crippen LogP contribution in [-0.2, 0) is 22.4 Å². The van der Waals surface area contributed by atoms with Crippen molar-refractivity contribution in [1.29, 1.82) is 0 Å². The number of hydrogen-bond donors (Lipinski definition) is 0. The van der Waals surface area contributed by atoms with Gasteiger partial charge in [-0.05, 0) is 18.1 Å². The van der Waals surface area contributed by atoms with E-state index in [1.807, 2.05) is 29.2 Å². The van der Waals surface area contributed by atoms with Crippen LogP contribution in [0.5, 0.6) is 0 Å². The number of ether oxygens (including phenoxy) is 1. The summed E-state index contributed by atoms with van der Waals surface area (Å²) in [7, 11) is 0. The second-order valence-corrected chi connectivity index (χ2v) is 6.23. The number of nitrogens with zero attached hydrogens (tertiary/aromatic N) is 3. The molecule has 0 bridgehead atoms. The van der Waals surface area contributed by atoms with Crippen molar-refractivity contribution in [2.75, 3.05) is 19.7 Å². The van der Waals surface area contributed by atoms with E-state index in [0.717, 1.165) is 16.3 Å². The zero-order valence-corrected chi connectivity index (χ0v) is 14.2. The van der Waals surface area contributed by atoms with E-state index < -0.39 is 0 Å². The second kappa shape index (κ2) is 8.22. The van der Waals surface area contributed by atoms with Crippen LogP contribution in [0.25, 0.3) is 0 Å². The standard InChI is InChI=1S/C18H20ClN3O2/c19-17-4-2-1-3-14(17)11-16-13-22(9-10-24-16)18(23)6-5-15-12-20-7-8-21-15/h1-4,7-8,12,16H,5-6,9-11,13H2/t16-/m0/s1. The molecule has 3 rings (SSSR count). The van der Waals surface area contributed by atoms with Crippen molar-refractivity contribution in [1.82, 2.24) is 14.9 Å². The summed E-state index contributed by atoms with van der Waals surface area (Å²) >= 11 is 6.21. The molecule has 24 heavy (non-hydrogen) atoms. The van der Waals surface area contributed by atoms with Gasteiger partial charge in [-0.3, -0.25) is 14.8 Å². The number of amides is 1. The van der Waals surface area contributed by atoms with E-state index in [1.54, 1.807) is 18.6 Å². The summed E-state index contributed by atoms with van der Waals surface area (Å²) in [6.07, 6.45) is 6.73. The van der Waals surface area contributed by atoms with E-state index in [2.05, 4.69) is 9.97 Å². The predicted octanol–water partition coefficient (Wildman–Crippen LogP) is 2.53. The second-order valence-electron chi connectivity index (χ2n) is 5.82. The van der Waals surface area contributed by atoms with Gasteiger partial charge in [0.2, 0.25) is 5.91 Å². The van der Waals surface area contributed by atoms with E-state index in [-0.39, 0.29) is 12.0 Å². The lowest BCUT2D eigenvalue weighted by atomic mass is 10.1. The molecule has 1 amide bonds. The number of benzene rings is 1. The Bertz CT molecular complexity index is 681. The van der Waals surface area contributed by atoms with Crippen molar-refractivity contribution < 1.29 is 9.53 Å². The molecule has 0 aliphatic carbocycles. The molecular formula is C18H20ClN3O2. The third-order valence-electron chi connectivity index (χ3n) is 4.11. The largest absolute Gasteiger partial charge is 0.374 e. The number of carbonyl (C=O) groups excluding carboxylic acids is 1. The highest BCUT2D eigenvalue weighted by Crippen LogP contribution is 2.19. The van der Waals surface area contributed by atoms with Crippen molar-refractivity contribution in [2.45, 2.75) is 25.4 Å². The van der Waals surface area contributed by atoms with Gasteiger partial charge in [-0.1, -0.05) is 29.8 Å². The summed E-state index contributed by atoms with van der Waals surface area (Å²) in [5.41, 5.74) is 1.89. The fourth-order valence-electron chi connectivity index (χ4n) is 2.83. The molecule has 5 nitrogen and oxygen atoms in total. The van der Waals surface area contributed by atoms with Gasteiger partial charge in [-0.15, -0.1) is 0 Å². The Hall–Kier alpha value is -1.98. The van der Waals surface area contributed by atoms with Gasteiger partial charge in [0.05, 0.1) is 18.4 Å². The highest BCUT2D eigenvalue weighted by atomic mass is 35.5. The van der Waals surface area contributed by atoms with E-state index in [9.17, 15) is 4.79 Å². The van der Waals surface area contributed by atoms with Gasteiger partial charge in [-0.2, -0.15) is 0 Å². The van der Waals surface area contributed by atoms with E-state index in [0.29, 0.717) is 39.0 Å². The first-order valence-corrected chi connectivity index (χ1v) is 8.48. The van der Waals surface area contributed by atoms with E-state index in [4.69, 9.17) is 16.3 Å². The van der Waals surface area contributed by atoms with Gasteiger partial charge in [0, 0.05) is 49.5 Å². The van der Waals surface area contributed by atoms with Gasteiger partial charge >= 0.3 is 0 Å². The Morgan fingerprint density at radius 2 is 2.21 bits per heavy atom. The fraction of sp³-hybridized carbons (Fsp3) is 0.389. The maximum absolute atomic E-state index is 12.4. The highest BCUT2D eigenvalue weighted by Gasteiger charge is 2.24. The Morgan fingerprint density at radius 3 is 3.00 bits per heavy atom. The number of carbonyl (C=O) groups is 1. The van der Waals surface area contributed by atoms with Crippen LogP contribution in [0.4, 0.5) is 0 Å². The first-order chi connectivity index (χ1) is 11.7. The molecule has 0 spiro atoms. The summed E-state index contributed by atoms with van der Waals surface area (Å²) in [5, 5.41) is 0.743. The van der Waals surface area contributed by atoms with Gasteiger partial charge < -0.3 is 9.64 Å². The maximum atomic E-state index is 12.4. The molecule has 1 aliphatic heterocycles. The minimum Gasteiger partial charge on any atom is -0.374 e. The van der Waals surface area contributed by atoms with Crippen molar-refractivity contribution in [2.24, 2.45) is 0 Å². The van der Waals surface area contributed by atoms with Crippen LogP contribution in [0, 0.1) is 0 Å². The average Bonchev–Trinajstić information content (AvgIpc) is 2.63. The van der Waals surface area contributed by atoms with Crippen LogP contribution in [-0.4, -0.2) is 46.6 Å². The van der Waals surface area contributed by atoms with Crippen LogP contribution < -0.4 is 0 Å². The van der Waals surface area contributed by atoms with Gasteiger partial charge in [0.1, 0.15) is 0 Å². The molecule has 1 aromatic heterocycles. The topological polar surface area (TPSA) is 55.3 Å². The lowest BCUT2D eigenvalue weighted by Gasteiger charge is -2.33. The van der Waals surface area contributed by atoms with Crippen molar-refractivity contribution in [3.05, 3.63) is 59.1 Å². The van der Waals surface area contributed by atoms with Crippen molar-refractivity contribution in [3.8, 4) is 0 Å². The zero-order chi connectivity index (χ0) is 16.8. The molecule has 2 heterocycles. The third-order valence-corrected chi connectivity index (χ3v) is 4.48. The van der Waals surface area contributed by atoms with E-state index in [1.165, 1.54) is 0 Å². The van der Waals surface area contributed by atoms with Crippen LogP contribution >= 0.6 is 11.6 Å². The number of aryl methyl sites for hydroxylation is 1. The van der Waals surface area contributed by atoms with E-state index >= 15 is 0 Å². The molecule has 1 atom stereocenters. The first kappa shape index (κ1) is 16.9. The molecule has 2 aromatic rings. The predicted molar refractivity (Wildman–Crippen MR) is 91.8 cm³/mol. The minimum absolute atomic E-state index is 0.0147. The lowest BCUT2D eigenvalue weighted by Crippen LogP contribution is -2.46. The van der Waals surface area contributed by atoms with Crippen molar-refractivity contribution >= 4 is 17.5 Å². The molecule has 126 valence electrons. The number of hydrogen-bond acceptors (Lipinski definition) is 4. The number of rotatable bonds is 5. The zero-order valence-electron chi connectivity index (χ0n) is 13.4. The van der Waals surface area contributed by atoms with Crippen LogP contribution in [0.1, 0.15) is 17.7 Å². The van der Waals surface area contributed by atoms with Crippen molar-refractivity contribution in [3.63, 3.8) is 0 Å². The normalized spacial score (nSPS) is 17.7. The molecule has 0 unspecified atom stereocenters. The molecule has 0 N–H and O–H groups in total. The number of aromatic nitrogens is 2. The Kier molecular flexibility index (Phi) is 5.77. The van der Waals surface area contributed by atoms with Gasteiger partial charge in [0.25, 0.3) is 0 Å². The monoisotopic (exact) mass is 345 g/mol. The Balaban J connectivity index is 1.53. The Morgan fingerprint density at radius 1 is 1.33 bits per heavy atom. The van der Waals surface area contributed by atoms with Crippen LogP contribution in [0.15, 0.2) is 42.9 Å². The molecule has 1 aromatic carbocycles. The molecule has 1 saturated heterocycles. The number of halogens is 1. The lowest BCUT2D eigenvalue weighted by molar-refractivity contribution is -0.138. The Labute approximate surface area is 146 Å². The molecule has 6 heteroatoms. The van der Waals surface area contributed by atoms with Gasteiger partial charge in [0.15, 0.2) is 0 Å². The molecular weight excluding hydrogens is 326 g/mol. The quantitative estimate of drug-likeness (QED) is 0.835. The molecule has 1 fully saturated rings. The summed E-state index contributed by atoms with van der Waals surface area (Å²) < 4.78 is 5.81. The average molecular weight is 346 g/mol. The minimum atomic E-state index is -0.0147. The maximum Gasteiger partial charge on any atom is 0.223 e. The highest BCUT2D eigenvalue weighted by molar-refractivity contribution is 6.31. The number of morpholine rings is 1. The van der Waals surface area contributed by atoms with Gasteiger partial charge in [-0.25, -0.2) is 0 Å². The van der Waals surface area contributed by atoms with Crippen LogP contribution in [0.3, 0.4) is 0 Å². The third kappa shape index (κ3) is 4.52. The molecule has 0 saturated carbocycles. The SMILES string of the molecule is O=C(CCc1cnccn1)N1CCO[C@@H](Cc2ccccc2Cl)C1. The molecule has 1 aliphatic rings. The smallest absolute Gasteiger partial charge is 0.223 e. The van der Waals surface area contributed by atoms with Crippen LogP contribution in [0.2, 0.25) is 5.02 Å². The first-order valence-electron chi connectivity index (χ1n) is 8.10. The summed E-state index contributed by atoms with van der Waals surface area (Å²) in [6.45, 7) is 1.80. The summed E-state index contributed by atoms with van der Waals surface area (Å²) in [4.78, 5) is 22.5. The molecule has 0 radical (unpaired) electrons. The summed E-state index contributed by atoms with van der Waals surface area (Å²) in [6, 6.07) is 7.76. The summed E-state index contributed by atoms with van der Waals surface area (Å²) in [5.74, 6) is 0.133. The fourth-order valence-corrected chi connectivity index (χ4v) is 3.04.